The molecule has 2 heteroatoms. The zero-order valence-corrected chi connectivity index (χ0v) is 15.4. The molecule has 126 valence electrons. The molecular weight excluding hydrogens is 258 g/mol. The van der Waals surface area contributed by atoms with Crippen LogP contribution in [-0.4, -0.2) is 25.3 Å². The lowest BCUT2D eigenvalue weighted by molar-refractivity contribution is -0.0908. The van der Waals surface area contributed by atoms with Gasteiger partial charge in [0, 0.05) is 13.2 Å². The molecule has 0 bridgehead atoms. The summed E-state index contributed by atoms with van der Waals surface area (Å²) in [7, 11) is 1.94. The summed E-state index contributed by atoms with van der Waals surface area (Å²) in [5.74, 6) is 0.821. The Bertz CT molecular complexity index is 273. The van der Waals surface area contributed by atoms with Gasteiger partial charge in [-0.3, -0.25) is 0 Å². The van der Waals surface area contributed by atoms with Gasteiger partial charge in [0.15, 0.2) is 0 Å². The number of methoxy groups -OCH3 is 1. The smallest absolute Gasteiger partial charge is 0.0831 e. The summed E-state index contributed by atoms with van der Waals surface area (Å²) < 4.78 is 6.16. The molecule has 1 aliphatic carbocycles. The molecule has 1 N–H and O–H groups in total. The van der Waals surface area contributed by atoms with Crippen LogP contribution in [0.3, 0.4) is 0 Å². The van der Waals surface area contributed by atoms with E-state index in [0.29, 0.717) is 11.5 Å². The maximum Gasteiger partial charge on any atom is 0.0831 e. The average Bonchev–Trinajstić information content (AvgIpc) is 2.49. The largest absolute Gasteiger partial charge is 0.377 e. The lowest BCUT2D eigenvalue weighted by atomic mass is 9.67. The van der Waals surface area contributed by atoms with Crippen molar-refractivity contribution < 1.29 is 4.74 Å². The highest BCUT2D eigenvalue weighted by atomic mass is 16.5. The Balaban J connectivity index is 2.82. The van der Waals surface area contributed by atoms with Gasteiger partial charge in [0.1, 0.15) is 0 Å². The molecule has 0 aromatic carbocycles. The summed E-state index contributed by atoms with van der Waals surface area (Å²) in [6.07, 6.45) is 10.0. The Hall–Kier alpha value is -0.0800. The van der Waals surface area contributed by atoms with Crippen molar-refractivity contribution in [2.45, 2.75) is 97.6 Å². The van der Waals surface area contributed by atoms with E-state index in [9.17, 15) is 0 Å². The van der Waals surface area contributed by atoms with E-state index in [0.717, 1.165) is 12.5 Å². The van der Waals surface area contributed by atoms with Crippen LogP contribution in [0, 0.1) is 11.3 Å². The van der Waals surface area contributed by atoms with Crippen LogP contribution in [0.1, 0.15) is 86.0 Å². The van der Waals surface area contributed by atoms with Gasteiger partial charge in [0.05, 0.1) is 5.60 Å². The quantitative estimate of drug-likeness (QED) is 0.634. The van der Waals surface area contributed by atoms with Crippen molar-refractivity contribution in [3.05, 3.63) is 0 Å². The van der Waals surface area contributed by atoms with E-state index < -0.39 is 0 Å². The summed E-state index contributed by atoms with van der Waals surface area (Å²) in [4.78, 5) is 0. The van der Waals surface area contributed by atoms with Crippen molar-refractivity contribution in [3.63, 3.8) is 0 Å². The third-order valence-electron chi connectivity index (χ3n) is 5.86. The zero-order valence-electron chi connectivity index (χ0n) is 15.4. The molecular formula is C19H39NO. The molecule has 0 radical (unpaired) electrons. The highest BCUT2D eigenvalue weighted by Gasteiger charge is 2.44. The third-order valence-corrected chi connectivity index (χ3v) is 5.86. The number of hydrogen-bond acceptors (Lipinski definition) is 2. The fraction of sp³-hybridized carbons (Fsp3) is 1.00. The maximum absolute atomic E-state index is 6.16. The van der Waals surface area contributed by atoms with Crippen molar-refractivity contribution in [1.29, 1.82) is 0 Å². The van der Waals surface area contributed by atoms with Crippen molar-refractivity contribution >= 4 is 0 Å². The predicted molar refractivity (Wildman–Crippen MR) is 92.8 cm³/mol. The molecule has 0 aliphatic heterocycles. The predicted octanol–water partition coefficient (Wildman–Crippen LogP) is 5.17. The first-order chi connectivity index (χ1) is 9.93. The minimum Gasteiger partial charge on any atom is -0.377 e. The van der Waals surface area contributed by atoms with E-state index in [-0.39, 0.29) is 5.60 Å². The van der Waals surface area contributed by atoms with Crippen LogP contribution in [0.2, 0.25) is 0 Å². The molecule has 1 unspecified atom stereocenters. The van der Waals surface area contributed by atoms with Crippen molar-refractivity contribution in [1.82, 2.24) is 5.32 Å². The third kappa shape index (κ3) is 5.25. The Morgan fingerprint density at radius 3 is 2.00 bits per heavy atom. The van der Waals surface area contributed by atoms with E-state index in [1.165, 1.54) is 51.4 Å². The van der Waals surface area contributed by atoms with Crippen LogP contribution < -0.4 is 5.32 Å². The molecule has 1 rings (SSSR count). The van der Waals surface area contributed by atoms with Gasteiger partial charge in [-0.15, -0.1) is 0 Å². The fourth-order valence-corrected chi connectivity index (χ4v) is 3.80. The van der Waals surface area contributed by atoms with Crippen molar-refractivity contribution in [3.8, 4) is 0 Å². The Labute approximate surface area is 133 Å². The first-order valence-electron chi connectivity index (χ1n) is 9.21. The Morgan fingerprint density at radius 1 is 1.00 bits per heavy atom. The monoisotopic (exact) mass is 297 g/mol. The SMILES string of the molecule is CCCNC(CC(CC)CC)C1(OC)CCC(C)(C)CC1. The van der Waals surface area contributed by atoms with Crippen LogP contribution in [0.25, 0.3) is 0 Å². The van der Waals surface area contributed by atoms with Crippen LogP contribution in [0.5, 0.6) is 0 Å². The van der Waals surface area contributed by atoms with Gasteiger partial charge in [0.2, 0.25) is 0 Å². The number of ether oxygens (including phenoxy) is 1. The van der Waals surface area contributed by atoms with Gasteiger partial charge in [0.25, 0.3) is 0 Å². The lowest BCUT2D eigenvalue weighted by Crippen LogP contribution is -2.55. The lowest BCUT2D eigenvalue weighted by Gasteiger charge is -2.48. The maximum atomic E-state index is 6.16. The number of hydrogen-bond donors (Lipinski definition) is 1. The van der Waals surface area contributed by atoms with Crippen molar-refractivity contribution in [2.24, 2.45) is 11.3 Å². The van der Waals surface area contributed by atoms with E-state index >= 15 is 0 Å². The van der Waals surface area contributed by atoms with Crippen LogP contribution >= 0.6 is 0 Å². The van der Waals surface area contributed by atoms with Gasteiger partial charge in [-0.2, -0.15) is 0 Å². The van der Waals surface area contributed by atoms with Gasteiger partial charge in [-0.25, -0.2) is 0 Å². The van der Waals surface area contributed by atoms with E-state index in [1.807, 2.05) is 7.11 Å². The minimum atomic E-state index is 0.0628. The number of nitrogens with one attached hydrogen (secondary N) is 1. The van der Waals surface area contributed by atoms with E-state index in [1.54, 1.807) is 0 Å². The summed E-state index contributed by atoms with van der Waals surface area (Å²) in [6.45, 7) is 12.8. The molecule has 0 aromatic rings. The van der Waals surface area contributed by atoms with E-state index in [4.69, 9.17) is 4.74 Å². The second-order valence-electron chi connectivity index (χ2n) is 7.86. The Kier molecular flexibility index (Phi) is 7.70. The summed E-state index contributed by atoms with van der Waals surface area (Å²) in [5.41, 5.74) is 0.555. The summed E-state index contributed by atoms with van der Waals surface area (Å²) >= 11 is 0. The average molecular weight is 298 g/mol. The van der Waals surface area contributed by atoms with Crippen molar-refractivity contribution in [2.75, 3.05) is 13.7 Å². The molecule has 0 amide bonds. The Morgan fingerprint density at radius 2 is 1.57 bits per heavy atom. The second kappa shape index (κ2) is 8.53. The highest BCUT2D eigenvalue weighted by Crippen LogP contribution is 2.44. The van der Waals surface area contributed by atoms with Crippen LogP contribution in [0.15, 0.2) is 0 Å². The molecule has 1 fully saturated rings. The minimum absolute atomic E-state index is 0.0628. The number of rotatable bonds is 9. The molecule has 1 saturated carbocycles. The van der Waals surface area contributed by atoms with Gasteiger partial charge in [-0.05, 0) is 56.4 Å². The second-order valence-corrected chi connectivity index (χ2v) is 7.86. The van der Waals surface area contributed by atoms with Gasteiger partial charge in [-0.1, -0.05) is 47.5 Å². The standard InChI is InChI=1S/C19H39NO/c1-7-14-20-17(15-16(8-2)9-3)19(21-6)12-10-18(4,5)11-13-19/h16-17,20H,7-15H2,1-6H3. The normalized spacial score (nSPS) is 22.4. The highest BCUT2D eigenvalue weighted by molar-refractivity contribution is 4.99. The first kappa shape index (κ1) is 19.0. The van der Waals surface area contributed by atoms with Crippen LogP contribution in [0.4, 0.5) is 0 Å². The van der Waals surface area contributed by atoms with Gasteiger partial charge >= 0.3 is 0 Å². The molecule has 0 aromatic heterocycles. The molecule has 0 spiro atoms. The summed E-state index contributed by atoms with van der Waals surface area (Å²) in [6, 6.07) is 0.517. The zero-order chi connectivity index (χ0) is 15.9. The summed E-state index contributed by atoms with van der Waals surface area (Å²) in [5, 5.41) is 3.83. The molecule has 1 atom stereocenters. The fourth-order valence-electron chi connectivity index (χ4n) is 3.80. The topological polar surface area (TPSA) is 21.3 Å². The molecule has 2 nitrogen and oxygen atoms in total. The molecule has 0 heterocycles. The van der Waals surface area contributed by atoms with Gasteiger partial charge < -0.3 is 10.1 Å². The first-order valence-corrected chi connectivity index (χ1v) is 9.21. The molecule has 21 heavy (non-hydrogen) atoms. The molecule has 1 aliphatic rings. The van der Waals surface area contributed by atoms with Crippen LogP contribution in [-0.2, 0) is 4.74 Å². The van der Waals surface area contributed by atoms with E-state index in [2.05, 4.69) is 39.9 Å². The molecule has 0 saturated heterocycles.